The summed E-state index contributed by atoms with van der Waals surface area (Å²) in [7, 11) is 0. The minimum Gasteiger partial charge on any atom is -0.383 e. The predicted octanol–water partition coefficient (Wildman–Crippen LogP) is 4.16. The van der Waals surface area contributed by atoms with Crippen molar-refractivity contribution in [1.29, 1.82) is 0 Å². The average Bonchev–Trinajstić information content (AvgIpc) is 3.46. The highest BCUT2D eigenvalue weighted by Gasteiger charge is 2.26. The highest BCUT2D eigenvalue weighted by atomic mass is 32.1. The molecule has 0 spiro atoms. The van der Waals surface area contributed by atoms with E-state index in [1.807, 2.05) is 48.5 Å². The second-order valence-electron chi connectivity index (χ2n) is 9.32. The molecule has 5 aromatic rings. The fourth-order valence-corrected chi connectivity index (χ4v) is 6.98. The summed E-state index contributed by atoms with van der Waals surface area (Å²) in [5, 5.41) is 17.7. The molecule has 0 aliphatic heterocycles. The van der Waals surface area contributed by atoms with Gasteiger partial charge >= 0.3 is 4.87 Å². The van der Waals surface area contributed by atoms with Crippen LogP contribution in [0.4, 0.5) is 11.5 Å². The van der Waals surface area contributed by atoms with Gasteiger partial charge in [-0.05, 0) is 54.5 Å². The molecule has 2 atom stereocenters. The number of rotatable bonds is 7. The lowest BCUT2D eigenvalue weighted by Gasteiger charge is -2.23. The molecule has 1 aliphatic carbocycles. The molecule has 1 amide bonds. The summed E-state index contributed by atoms with van der Waals surface area (Å²) < 4.78 is 0.895. The van der Waals surface area contributed by atoms with Gasteiger partial charge in [0.1, 0.15) is 23.1 Å². The Balaban J connectivity index is 1.14. The van der Waals surface area contributed by atoms with Crippen LogP contribution in [-0.2, 0) is 24.1 Å². The van der Waals surface area contributed by atoms with Gasteiger partial charge in [-0.3, -0.25) is 9.59 Å². The molecule has 0 saturated heterocycles. The van der Waals surface area contributed by atoms with E-state index in [4.69, 9.17) is 0 Å². The Bertz CT molecular complexity index is 1640. The quantitative estimate of drug-likeness (QED) is 0.250. The lowest BCUT2D eigenvalue weighted by atomic mass is 9.87. The Labute approximate surface area is 220 Å². The van der Waals surface area contributed by atoms with Crippen LogP contribution in [0.25, 0.3) is 20.4 Å². The molecule has 0 bridgehead atoms. The largest absolute Gasteiger partial charge is 0.383 e. The summed E-state index contributed by atoms with van der Waals surface area (Å²) in [6.07, 6.45) is 3.50. The van der Waals surface area contributed by atoms with Gasteiger partial charge < -0.3 is 20.7 Å². The average molecular weight is 532 g/mol. The number of H-pyrrole nitrogens is 1. The number of carbonyl (C=O) groups is 1. The molecule has 1 aliphatic rings. The third-order valence-electron chi connectivity index (χ3n) is 6.77. The number of hydrogen-bond acceptors (Lipinski definition) is 8. The van der Waals surface area contributed by atoms with Crippen LogP contribution in [0.3, 0.4) is 0 Å². The van der Waals surface area contributed by atoms with Crippen molar-refractivity contribution in [1.82, 2.24) is 20.3 Å². The van der Waals surface area contributed by atoms with E-state index in [0.717, 1.165) is 56.8 Å². The third kappa shape index (κ3) is 5.00. The van der Waals surface area contributed by atoms with E-state index >= 15 is 0 Å². The number of aliphatic hydroxyl groups is 1. The van der Waals surface area contributed by atoms with Crippen molar-refractivity contribution in [2.24, 2.45) is 5.92 Å². The summed E-state index contributed by atoms with van der Waals surface area (Å²) in [6, 6.07) is 15.3. The van der Waals surface area contributed by atoms with Crippen LogP contribution in [0.5, 0.6) is 0 Å². The molecule has 3 aromatic heterocycles. The lowest BCUT2D eigenvalue weighted by Crippen LogP contribution is -2.39. The number of nitrogens with one attached hydrogen (secondary N) is 3. The predicted molar refractivity (Wildman–Crippen MR) is 148 cm³/mol. The van der Waals surface area contributed by atoms with Crippen LogP contribution in [-0.4, -0.2) is 38.6 Å². The van der Waals surface area contributed by atoms with E-state index in [-0.39, 0.29) is 10.8 Å². The maximum atomic E-state index is 12.5. The first kappa shape index (κ1) is 23.8. The van der Waals surface area contributed by atoms with Gasteiger partial charge in [0.05, 0.1) is 15.6 Å². The van der Waals surface area contributed by atoms with Gasteiger partial charge in [0.25, 0.3) is 0 Å². The van der Waals surface area contributed by atoms with Crippen molar-refractivity contribution in [3.05, 3.63) is 80.5 Å². The molecule has 4 N–H and O–H groups in total. The van der Waals surface area contributed by atoms with Gasteiger partial charge in [-0.1, -0.05) is 41.7 Å². The zero-order valence-electron chi connectivity index (χ0n) is 19.9. The normalized spacial score (nSPS) is 16.0. The molecule has 0 fully saturated rings. The van der Waals surface area contributed by atoms with Crippen LogP contribution in [0.1, 0.15) is 22.4 Å². The van der Waals surface area contributed by atoms with E-state index in [1.54, 1.807) is 17.7 Å². The SMILES string of the molecule is O=C(NC[C@@H]1CCc2c(sc3ncnc(Nc4ccc5[nH]c(=O)sc5c4)c23)C1)[C@@H](O)Cc1ccccc1. The van der Waals surface area contributed by atoms with Gasteiger partial charge in [-0.2, -0.15) is 0 Å². The van der Waals surface area contributed by atoms with Crippen molar-refractivity contribution < 1.29 is 9.90 Å². The first-order valence-electron chi connectivity index (χ1n) is 12.2. The van der Waals surface area contributed by atoms with Gasteiger partial charge in [0.15, 0.2) is 0 Å². The fraction of sp³-hybridized carbons (Fsp3) is 0.259. The molecule has 0 radical (unpaired) electrons. The Kier molecular flexibility index (Phi) is 6.45. The molecular formula is C27H25N5O3S2. The molecule has 37 heavy (non-hydrogen) atoms. The number of thiazole rings is 1. The van der Waals surface area contributed by atoms with Crippen molar-refractivity contribution in [3.8, 4) is 0 Å². The number of anilines is 2. The Morgan fingerprint density at radius 3 is 2.89 bits per heavy atom. The van der Waals surface area contributed by atoms with E-state index in [0.29, 0.717) is 18.9 Å². The number of aliphatic hydroxyl groups excluding tert-OH is 1. The summed E-state index contributed by atoms with van der Waals surface area (Å²) in [5.74, 6) is 0.741. The number of hydrogen-bond donors (Lipinski definition) is 4. The highest BCUT2D eigenvalue weighted by Crippen LogP contribution is 2.40. The van der Waals surface area contributed by atoms with E-state index in [1.165, 1.54) is 21.8 Å². The number of aromatic nitrogens is 3. The van der Waals surface area contributed by atoms with Crippen molar-refractivity contribution in [2.45, 2.75) is 31.8 Å². The minimum absolute atomic E-state index is 0.0695. The van der Waals surface area contributed by atoms with Crippen molar-refractivity contribution in [3.63, 3.8) is 0 Å². The zero-order valence-corrected chi connectivity index (χ0v) is 21.5. The number of nitrogens with zero attached hydrogens (tertiary/aromatic N) is 2. The Morgan fingerprint density at radius 1 is 1.16 bits per heavy atom. The molecular weight excluding hydrogens is 506 g/mol. The van der Waals surface area contributed by atoms with Gasteiger partial charge in [0.2, 0.25) is 5.91 Å². The number of aryl methyl sites for hydroxylation is 1. The summed E-state index contributed by atoms with van der Waals surface area (Å²) in [5.41, 5.74) is 3.90. The second-order valence-corrected chi connectivity index (χ2v) is 11.4. The van der Waals surface area contributed by atoms with Crippen LogP contribution in [0, 0.1) is 5.92 Å². The maximum Gasteiger partial charge on any atom is 0.305 e. The van der Waals surface area contributed by atoms with Crippen LogP contribution in [0.2, 0.25) is 0 Å². The molecule has 0 unspecified atom stereocenters. The van der Waals surface area contributed by atoms with Crippen LogP contribution < -0.4 is 15.5 Å². The summed E-state index contributed by atoms with van der Waals surface area (Å²) >= 11 is 2.87. The minimum atomic E-state index is -1.05. The van der Waals surface area contributed by atoms with Crippen molar-refractivity contribution in [2.75, 3.05) is 11.9 Å². The maximum absolute atomic E-state index is 12.5. The monoisotopic (exact) mass is 531 g/mol. The lowest BCUT2D eigenvalue weighted by molar-refractivity contribution is -0.129. The number of benzene rings is 2. The van der Waals surface area contributed by atoms with Gasteiger partial charge in [0, 0.05) is 23.5 Å². The van der Waals surface area contributed by atoms with Gasteiger partial charge in [-0.15, -0.1) is 11.3 Å². The first-order chi connectivity index (χ1) is 18.0. The number of thiophene rings is 1. The number of fused-ring (bicyclic) bond motifs is 4. The van der Waals surface area contributed by atoms with E-state index < -0.39 is 6.10 Å². The Hall–Kier alpha value is -3.60. The molecule has 6 rings (SSSR count). The summed E-state index contributed by atoms with van der Waals surface area (Å²) in [6.45, 7) is 0.536. The molecule has 188 valence electrons. The second kappa shape index (κ2) is 10.0. The fourth-order valence-electron chi connectivity index (χ4n) is 4.90. The van der Waals surface area contributed by atoms with Crippen molar-refractivity contribution >= 4 is 60.5 Å². The summed E-state index contributed by atoms with van der Waals surface area (Å²) in [4.78, 5) is 38.2. The number of amides is 1. The van der Waals surface area contributed by atoms with Gasteiger partial charge in [-0.25, -0.2) is 9.97 Å². The molecule has 8 nitrogen and oxygen atoms in total. The number of aromatic amines is 1. The van der Waals surface area contributed by atoms with Crippen LogP contribution in [0.15, 0.2) is 59.7 Å². The van der Waals surface area contributed by atoms with Crippen LogP contribution >= 0.6 is 22.7 Å². The molecule has 3 heterocycles. The smallest absolute Gasteiger partial charge is 0.305 e. The van der Waals surface area contributed by atoms with E-state index in [2.05, 4.69) is 25.6 Å². The molecule has 0 saturated carbocycles. The zero-order chi connectivity index (χ0) is 25.4. The van der Waals surface area contributed by atoms with E-state index in [9.17, 15) is 14.7 Å². The third-order valence-corrected chi connectivity index (χ3v) is 8.78. The molecule has 2 aromatic carbocycles. The highest BCUT2D eigenvalue weighted by molar-refractivity contribution is 7.19. The molecule has 10 heteroatoms. The standard InChI is InChI=1S/C27H25N5O3S2/c33-20(10-15-4-2-1-3-5-15)25(34)28-13-16-6-8-18-21(11-16)36-26-23(18)24(29-14-30-26)31-17-7-9-19-22(12-17)37-27(35)32-19/h1-5,7,9,12,14,16,20,33H,6,8,10-11,13H2,(H,28,34)(H,32,35)(H,29,30,31)/t16-,20+/m1/s1. The topological polar surface area (TPSA) is 120 Å². The first-order valence-corrected chi connectivity index (χ1v) is 13.8. The number of carbonyl (C=O) groups excluding carboxylic acids is 1. The Morgan fingerprint density at radius 2 is 2.03 bits per heavy atom.